The van der Waals surface area contributed by atoms with Gasteiger partial charge in [-0.2, -0.15) is 0 Å². The van der Waals surface area contributed by atoms with Gasteiger partial charge < -0.3 is 5.11 Å². The van der Waals surface area contributed by atoms with Gasteiger partial charge in [-0.3, -0.25) is 0 Å². The maximum Gasteiger partial charge on any atom is 0.0886 e. The third kappa shape index (κ3) is 3.43. The number of aliphatic hydroxyl groups is 1. The zero-order valence-corrected chi connectivity index (χ0v) is 10.3. The van der Waals surface area contributed by atoms with Crippen LogP contribution in [0.15, 0.2) is 24.3 Å². The highest BCUT2D eigenvalue weighted by Crippen LogP contribution is 2.17. The summed E-state index contributed by atoms with van der Waals surface area (Å²) in [6.07, 6.45) is 0.716. The minimum Gasteiger partial charge on any atom is -0.388 e. The quantitative estimate of drug-likeness (QED) is 0.820. The minimum absolute atomic E-state index is 0.386. The third-order valence-electron chi connectivity index (χ3n) is 2.15. The van der Waals surface area contributed by atoms with E-state index in [9.17, 15) is 5.11 Å². The lowest BCUT2D eigenvalue weighted by Gasteiger charge is -2.09. The maximum absolute atomic E-state index is 9.56. The molecule has 0 heterocycles. The highest BCUT2D eigenvalue weighted by Gasteiger charge is 2.05. The number of halogens is 1. The number of hydrogen-bond donors (Lipinski definition) is 1. The Hall–Kier alpha value is -0.340. The van der Waals surface area contributed by atoms with Gasteiger partial charge in [-0.1, -0.05) is 54.0 Å². The van der Waals surface area contributed by atoms with Gasteiger partial charge in [-0.05, 0) is 23.5 Å². The molecule has 1 nitrogen and oxygen atoms in total. The van der Waals surface area contributed by atoms with Crippen LogP contribution in [0.1, 0.15) is 31.1 Å². The average molecular weight is 257 g/mol. The van der Waals surface area contributed by atoms with E-state index in [1.165, 1.54) is 5.56 Å². The molecule has 0 bridgehead atoms. The van der Waals surface area contributed by atoms with Gasteiger partial charge in [0.2, 0.25) is 0 Å². The number of alkyl halides is 1. The van der Waals surface area contributed by atoms with Crippen LogP contribution in [0.2, 0.25) is 0 Å². The van der Waals surface area contributed by atoms with Crippen LogP contribution in [0.25, 0.3) is 0 Å². The van der Waals surface area contributed by atoms with Crippen LogP contribution >= 0.6 is 15.9 Å². The van der Waals surface area contributed by atoms with Gasteiger partial charge in [0.1, 0.15) is 0 Å². The molecule has 1 aromatic rings. The molecule has 1 rings (SSSR count). The predicted octanol–water partition coefficient (Wildman–Crippen LogP) is 3.31. The molecule has 0 unspecified atom stereocenters. The fraction of sp³-hybridized carbons (Fsp3) is 0.500. The normalized spacial score (nSPS) is 13.2. The lowest BCUT2D eigenvalue weighted by molar-refractivity contribution is 0.205. The van der Waals surface area contributed by atoms with Crippen molar-refractivity contribution in [2.24, 2.45) is 5.92 Å². The first kappa shape index (κ1) is 11.7. The van der Waals surface area contributed by atoms with Gasteiger partial charge in [-0.25, -0.2) is 0 Å². The summed E-state index contributed by atoms with van der Waals surface area (Å²) < 4.78 is 0. The van der Waals surface area contributed by atoms with Crippen LogP contribution in [-0.2, 0) is 6.42 Å². The van der Waals surface area contributed by atoms with Crippen LogP contribution in [0.5, 0.6) is 0 Å². The van der Waals surface area contributed by atoms with Gasteiger partial charge in [0.25, 0.3) is 0 Å². The highest BCUT2D eigenvalue weighted by molar-refractivity contribution is 9.09. The third-order valence-corrected chi connectivity index (χ3v) is 2.77. The molecule has 2 heteroatoms. The van der Waals surface area contributed by atoms with Crippen molar-refractivity contribution < 1.29 is 5.11 Å². The molecule has 0 spiro atoms. The SMILES string of the molecule is CC(C)Cc1ccc([C@@H](O)CBr)cc1. The molecule has 1 aromatic carbocycles. The maximum atomic E-state index is 9.56. The summed E-state index contributed by atoms with van der Waals surface area (Å²) in [5.41, 5.74) is 2.32. The number of hydrogen-bond acceptors (Lipinski definition) is 1. The highest BCUT2D eigenvalue weighted by atomic mass is 79.9. The van der Waals surface area contributed by atoms with E-state index in [0.29, 0.717) is 11.2 Å². The Morgan fingerprint density at radius 3 is 2.21 bits per heavy atom. The molecule has 0 aliphatic carbocycles. The summed E-state index contributed by atoms with van der Waals surface area (Å²) in [5, 5.41) is 10.1. The largest absolute Gasteiger partial charge is 0.388 e. The number of rotatable bonds is 4. The molecule has 78 valence electrons. The van der Waals surface area contributed by atoms with Crippen molar-refractivity contribution in [2.45, 2.75) is 26.4 Å². The van der Waals surface area contributed by atoms with E-state index in [4.69, 9.17) is 0 Å². The Bertz CT molecular complexity index is 266. The van der Waals surface area contributed by atoms with Crippen molar-refractivity contribution in [3.63, 3.8) is 0 Å². The lowest BCUT2D eigenvalue weighted by atomic mass is 10.0. The molecule has 0 fully saturated rings. The zero-order valence-electron chi connectivity index (χ0n) is 8.70. The van der Waals surface area contributed by atoms with Gasteiger partial charge in [0.05, 0.1) is 6.10 Å². The monoisotopic (exact) mass is 256 g/mol. The summed E-state index contributed by atoms with van der Waals surface area (Å²) >= 11 is 3.26. The molecule has 0 saturated carbocycles. The summed E-state index contributed by atoms with van der Waals surface area (Å²) in [4.78, 5) is 0. The Kier molecular flexibility index (Phi) is 4.63. The fourth-order valence-electron chi connectivity index (χ4n) is 1.44. The molecule has 0 aliphatic heterocycles. The summed E-state index contributed by atoms with van der Waals surface area (Å²) in [6.45, 7) is 4.42. The van der Waals surface area contributed by atoms with Crippen LogP contribution in [0.4, 0.5) is 0 Å². The van der Waals surface area contributed by atoms with Gasteiger partial charge in [0.15, 0.2) is 0 Å². The Balaban J connectivity index is 2.68. The second kappa shape index (κ2) is 5.52. The smallest absolute Gasteiger partial charge is 0.0886 e. The van der Waals surface area contributed by atoms with Crippen LogP contribution in [-0.4, -0.2) is 10.4 Å². The van der Waals surface area contributed by atoms with Gasteiger partial charge >= 0.3 is 0 Å². The van der Waals surface area contributed by atoms with Crippen molar-refractivity contribution in [1.29, 1.82) is 0 Å². The second-order valence-corrected chi connectivity index (χ2v) is 4.66. The van der Waals surface area contributed by atoms with E-state index in [-0.39, 0.29) is 6.10 Å². The summed E-state index contributed by atoms with van der Waals surface area (Å²) in [6, 6.07) is 8.20. The van der Waals surface area contributed by atoms with E-state index in [2.05, 4.69) is 41.9 Å². The zero-order chi connectivity index (χ0) is 10.6. The predicted molar refractivity (Wildman–Crippen MR) is 63.7 cm³/mol. The standard InChI is InChI=1S/C12H17BrO/c1-9(2)7-10-3-5-11(6-4-10)12(14)8-13/h3-6,9,12,14H,7-8H2,1-2H3/t12-/m0/s1. The Labute approximate surface area is 94.3 Å². The van der Waals surface area contributed by atoms with Crippen molar-refractivity contribution in [3.8, 4) is 0 Å². The van der Waals surface area contributed by atoms with Crippen molar-refractivity contribution >= 4 is 15.9 Å². The van der Waals surface area contributed by atoms with Gasteiger partial charge in [-0.15, -0.1) is 0 Å². The minimum atomic E-state index is -0.386. The van der Waals surface area contributed by atoms with E-state index in [1.807, 2.05) is 12.1 Å². The number of aliphatic hydroxyl groups excluding tert-OH is 1. The Morgan fingerprint density at radius 2 is 1.79 bits per heavy atom. The van der Waals surface area contributed by atoms with Crippen LogP contribution < -0.4 is 0 Å². The molecule has 14 heavy (non-hydrogen) atoms. The second-order valence-electron chi connectivity index (χ2n) is 4.01. The molecule has 0 saturated heterocycles. The first-order valence-electron chi connectivity index (χ1n) is 4.96. The first-order valence-corrected chi connectivity index (χ1v) is 6.08. The van der Waals surface area contributed by atoms with Crippen molar-refractivity contribution in [2.75, 3.05) is 5.33 Å². The topological polar surface area (TPSA) is 20.2 Å². The van der Waals surface area contributed by atoms with Crippen LogP contribution in [0.3, 0.4) is 0 Å². The molecule has 0 aromatic heterocycles. The Morgan fingerprint density at radius 1 is 1.21 bits per heavy atom. The van der Waals surface area contributed by atoms with E-state index < -0.39 is 0 Å². The molecular formula is C12H17BrO. The van der Waals surface area contributed by atoms with Crippen LogP contribution in [0, 0.1) is 5.92 Å². The molecule has 0 radical (unpaired) electrons. The van der Waals surface area contributed by atoms with E-state index >= 15 is 0 Å². The number of benzene rings is 1. The van der Waals surface area contributed by atoms with Crippen molar-refractivity contribution in [1.82, 2.24) is 0 Å². The molecule has 0 amide bonds. The molecule has 0 aliphatic rings. The summed E-state index contributed by atoms with van der Waals surface area (Å²) in [5.74, 6) is 0.682. The fourth-order valence-corrected chi connectivity index (χ4v) is 1.81. The molecule has 1 atom stereocenters. The van der Waals surface area contributed by atoms with Gasteiger partial charge in [0, 0.05) is 5.33 Å². The molecular weight excluding hydrogens is 240 g/mol. The summed E-state index contributed by atoms with van der Waals surface area (Å²) in [7, 11) is 0. The molecule has 1 N–H and O–H groups in total. The lowest BCUT2D eigenvalue weighted by Crippen LogP contribution is -1.99. The first-order chi connectivity index (χ1) is 6.63. The van der Waals surface area contributed by atoms with Crippen molar-refractivity contribution in [3.05, 3.63) is 35.4 Å². The van der Waals surface area contributed by atoms with E-state index in [1.54, 1.807) is 0 Å². The van der Waals surface area contributed by atoms with E-state index in [0.717, 1.165) is 12.0 Å². The average Bonchev–Trinajstić information content (AvgIpc) is 2.17.